The van der Waals surface area contributed by atoms with Gasteiger partial charge in [0.2, 0.25) is 21.8 Å². The summed E-state index contributed by atoms with van der Waals surface area (Å²) in [6.07, 6.45) is 1.07. The molecule has 29 heavy (non-hydrogen) atoms. The molecule has 1 aliphatic heterocycles. The average molecular weight is 416 g/mol. The summed E-state index contributed by atoms with van der Waals surface area (Å²) in [7, 11) is -3.54. The van der Waals surface area contributed by atoms with Crippen molar-refractivity contribution in [2.45, 2.75) is 31.6 Å². The Morgan fingerprint density at radius 1 is 1.07 bits per heavy atom. The van der Waals surface area contributed by atoms with Crippen LogP contribution in [0.25, 0.3) is 0 Å². The molecule has 0 aliphatic carbocycles. The first-order valence-electron chi connectivity index (χ1n) is 9.64. The van der Waals surface area contributed by atoms with E-state index in [2.05, 4.69) is 17.0 Å². The molecular weight excluding hydrogens is 390 g/mol. The number of nitrogens with zero attached hydrogens (tertiary/aromatic N) is 1. The Bertz CT molecular complexity index is 986. The highest BCUT2D eigenvalue weighted by Gasteiger charge is 2.35. The molecule has 1 atom stereocenters. The molecule has 7 nitrogen and oxygen atoms in total. The van der Waals surface area contributed by atoms with Gasteiger partial charge in [0.25, 0.3) is 0 Å². The first-order chi connectivity index (χ1) is 13.8. The molecule has 2 aromatic carbocycles. The van der Waals surface area contributed by atoms with Gasteiger partial charge in [0.1, 0.15) is 0 Å². The SMILES string of the molecule is CCNS(=O)(=O)c1ccc(NC(=O)[C@@H]2CC(=O)N(c3ccc(CC)cc3)C2)cc1. The van der Waals surface area contributed by atoms with Crippen LogP contribution >= 0.6 is 0 Å². The smallest absolute Gasteiger partial charge is 0.240 e. The van der Waals surface area contributed by atoms with Crippen molar-refractivity contribution in [3.8, 4) is 0 Å². The maximum atomic E-state index is 12.6. The zero-order valence-corrected chi connectivity index (χ0v) is 17.3. The lowest BCUT2D eigenvalue weighted by atomic mass is 10.1. The Morgan fingerprint density at radius 3 is 2.31 bits per heavy atom. The fraction of sp³-hybridized carbons (Fsp3) is 0.333. The molecule has 0 aromatic heterocycles. The molecule has 8 heteroatoms. The van der Waals surface area contributed by atoms with Crippen molar-refractivity contribution in [1.29, 1.82) is 0 Å². The fourth-order valence-electron chi connectivity index (χ4n) is 3.28. The van der Waals surface area contributed by atoms with Gasteiger partial charge in [-0.3, -0.25) is 9.59 Å². The second-order valence-corrected chi connectivity index (χ2v) is 8.71. The van der Waals surface area contributed by atoms with Crippen molar-refractivity contribution in [1.82, 2.24) is 4.72 Å². The first kappa shape index (κ1) is 21.0. The molecule has 0 saturated carbocycles. The van der Waals surface area contributed by atoms with Gasteiger partial charge in [0, 0.05) is 30.9 Å². The number of anilines is 2. The first-order valence-corrected chi connectivity index (χ1v) is 11.1. The van der Waals surface area contributed by atoms with Crippen molar-refractivity contribution >= 4 is 33.2 Å². The minimum atomic E-state index is -3.54. The van der Waals surface area contributed by atoms with E-state index in [1.54, 1.807) is 24.0 Å². The van der Waals surface area contributed by atoms with Gasteiger partial charge in [-0.05, 0) is 48.4 Å². The highest BCUT2D eigenvalue weighted by atomic mass is 32.2. The molecule has 0 bridgehead atoms. The zero-order chi connectivity index (χ0) is 21.0. The molecule has 0 radical (unpaired) electrons. The van der Waals surface area contributed by atoms with Crippen molar-refractivity contribution in [3.05, 3.63) is 54.1 Å². The lowest BCUT2D eigenvalue weighted by Gasteiger charge is -2.17. The van der Waals surface area contributed by atoms with E-state index in [4.69, 9.17) is 0 Å². The topological polar surface area (TPSA) is 95.6 Å². The molecule has 2 N–H and O–H groups in total. The molecule has 1 heterocycles. The average Bonchev–Trinajstić information content (AvgIpc) is 3.10. The van der Waals surface area contributed by atoms with Crippen LogP contribution < -0.4 is 14.9 Å². The van der Waals surface area contributed by atoms with Crippen LogP contribution in [-0.2, 0) is 26.0 Å². The lowest BCUT2D eigenvalue weighted by molar-refractivity contribution is -0.122. The Balaban J connectivity index is 1.64. The van der Waals surface area contributed by atoms with Crippen LogP contribution in [0.15, 0.2) is 53.4 Å². The van der Waals surface area contributed by atoms with Crippen LogP contribution in [0.5, 0.6) is 0 Å². The molecular formula is C21H25N3O4S. The number of hydrogen-bond acceptors (Lipinski definition) is 4. The molecule has 2 amide bonds. The van der Waals surface area contributed by atoms with Gasteiger partial charge >= 0.3 is 0 Å². The number of nitrogens with one attached hydrogen (secondary N) is 2. The van der Waals surface area contributed by atoms with Crippen LogP contribution in [0.1, 0.15) is 25.8 Å². The lowest BCUT2D eigenvalue weighted by Crippen LogP contribution is -2.28. The van der Waals surface area contributed by atoms with Gasteiger partial charge in [-0.25, -0.2) is 13.1 Å². The minimum Gasteiger partial charge on any atom is -0.326 e. The maximum absolute atomic E-state index is 12.6. The van der Waals surface area contributed by atoms with E-state index in [9.17, 15) is 18.0 Å². The Labute approximate surface area is 171 Å². The summed E-state index contributed by atoms with van der Waals surface area (Å²) in [5.41, 5.74) is 2.47. The van der Waals surface area contributed by atoms with Crippen molar-refractivity contribution < 1.29 is 18.0 Å². The second kappa shape index (κ2) is 8.75. The maximum Gasteiger partial charge on any atom is 0.240 e. The third-order valence-electron chi connectivity index (χ3n) is 4.92. The van der Waals surface area contributed by atoms with Gasteiger partial charge in [0.15, 0.2) is 0 Å². The molecule has 0 unspecified atom stereocenters. The minimum absolute atomic E-state index is 0.0820. The van der Waals surface area contributed by atoms with Gasteiger partial charge < -0.3 is 10.2 Å². The summed E-state index contributed by atoms with van der Waals surface area (Å²) in [5, 5.41) is 2.77. The number of sulfonamides is 1. The van der Waals surface area contributed by atoms with E-state index < -0.39 is 15.9 Å². The van der Waals surface area contributed by atoms with Gasteiger partial charge in [0.05, 0.1) is 10.8 Å². The van der Waals surface area contributed by atoms with Crippen molar-refractivity contribution in [2.75, 3.05) is 23.3 Å². The Kier molecular flexibility index (Phi) is 6.34. The largest absolute Gasteiger partial charge is 0.326 e. The normalized spacial score (nSPS) is 16.8. The fourth-order valence-corrected chi connectivity index (χ4v) is 4.32. The molecule has 3 rings (SSSR count). The number of benzene rings is 2. The van der Waals surface area contributed by atoms with E-state index in [0.717, 1.165) is 12.1 Å². The summed E-state index contributed by atoms with van der Waals surface area (Å²) in [5.74, 6) is -0.798. The van der Waals surface area contributed by atoms with Crippen LogP contribution in [0.3, 0.4) is 0 Å². The Hall–Kier alpha value is -2.71. The monoisotopic (exact) mass is 415 g/mol. The number of hydrogen-bond donors (Lipinski definition) is 2. The number of aryl methyl sites for hydroxylation is 1. The molecule has 2 aromatic rings. The van der Waals surface area contributed by atoms with E-state index >= 15 is 0 Å². The van der Waals surface area contributed by atoms with Gasteiger partial charge in [-0.15, -0.1) is 0 Å². The summed E-state index contributed by atoms with van der Waals surface area (Å²) >= 11 is 0. The van der Waals surface area contributed by atoms with Gasteiger partial charge in [-0.2, -0.15) is 0 Å². The predicted octanol–water partition coefficient (Wildman–Crippen LogP) is 2.54. The third kappa shape index (κ3) is 4.83. The van der Waals surface area contributed by atoms with E-state index in [1.807, 2.05) is 24.3 Å². The van der Waals surface area contributed by atoms with Crippen molar-refractivity contribution in [3.63, 3.8) is 0 Å². The number of carbonyl (C=O) groups is 2. The summed E-state index contributed by atoms with van der Waals surface area (Å²) in [6, 6.07) is 13.7. The molecule has 1 aliphatic rings. The van der Waals surface area contributed by atoms with Crippen molar-refractivity contribution in [2.24, 2.45) is 5.92 Å². The third-order valence-corrected chi connectivity index (χ3v) is 6.48. The van der Waals surface area contributed by atoms with Crippen LogP contribution in [0.2, 0.25) is 0 Å². The van der Waals surface area contributed by atoms with E-state index in [-0.39, 0.29) is 23.1 Å². The Morgan fingerprint density at radius 2 is 1.72 bits per heavy atom. The highest BCUT2D eigenvalue weighted by molar-refractivity contribution is 7.89. The molecule has 0 spiro atoms. The van der Waals surface area contributed by atoms with E-state index in [0.29, 0.717) is 18.8 Å². The second-order valence-electron chi connectivity index (χ2n) is 6.94. The zero-order valence-electron chi connectivity index (χ0n) is 16.5. The van der Waals surface area contributed by atoms with Gasteiger partial charge in [-0.1, -0.05) is 26.0 Å². The highest BCUT2D eigenvalue weighted by Crippen LogP contribution is 2.26. The number of rotatable bonds is 7. The number of amides is 2. The summed E-state index contributed by atoms with van der Waals surface area (Å²) < 4.78 is 26.4. The summed E-state index contributed by atoms with van der Waals surface area (Å²) in [6.45, 7) is 4.40. The standard InChI is InChI=1S/C21H25N3O4S/c1-3-15-5-9-18(10-6-15)24-14-16(13-20(24)25)21(26)23-17-7-11-19(12-8-17)29(27,28)22-4-2/h5-12,16,22H,3-4,13-14H2,1-2H3,(H,23,26)/t16-/m1/s1. The molecule has 1 fully saturated rings. The van der Waals surface area contributed by atoms with Crippen LogP contribution in [-0.4, -0.2) is 33.3 Å². The van der Waals surface area contributed by atoms with Crippen LogP contribution in [0, 0.1) is 5.92 Å². The summed E-state index contributed by atoms with van der Waals surface area (Å²) in [4.78, 5) is 26.8. The van der Waals surface area contributed by atoms with Crippen LogP contribution in [0.4, 0.5) is 11.4 Å². The van der Waals surface area contributed by atoms with E-state index in [1.165, 1.54) is 17.7 Å². The molecule has 154 valence electrons. The predicted molar refractivity (Wildman–Crippen MR) is 112 cm³/mol. The molecule has 1 saturated heterocycles. The quantitative estimate of drug-likeness (QED) is 0.726. The number of carbonyl (C=O) groups excluding carboxylic acids is 2.